The van der Waals surface area contributed by atoms with Crippen molar-refractivity contribution in [3.8, 4) is 6.07 Å². The Hall–Kier alpha value is -2.28. The molecule has 0 radical (unpaired) electrons. The number of benzene rings is 1. The third kappa shape index (κ3) is 4.29. The molecule has 0 aromatic heterocycles. The van der Waals surface area contributed by atoms with Crippen LogP contribution < -0.4 is 11.1 Å². The number of nitrogens with two attached hydrogens (primary N) is 1. The maximum Gasteiger partial charge on any atom is 0.244 e. The fourth-order valence-electron chi connectivity index (χ4n) is 1.14. The van der Waals surface area contributed by atoms with Gasteiger partial charge in [0.15, 0.2) is 0 Å². The van der Waals surface area contributed by atoms with Gasteiger partial charge in [0, 0.05) is 18.3 Å². The van der Waals surface area contributed by atoms with E-state index in [1.54, 1.807) is 18.2 Å². The van der Waals surface area contributed by atoms with Crippen molar-refractivity contribution >= 4 is 17.7 Å². The topological polar surface area (TPSA) is 78.9 Å². The Kier molecular flexibility index (Phi) is 4.61. The molecule has 0 saturated heterocycles. The Balaban J connectivity index is 2.47. The van der Waals surface area contributed by atoms with Crippen molar-refractivity contribution < 1.29 is 4.79 Å². The average Bonchev–Trinajstić information content (AvgIpc) is 2.27. The first-order chi connectivity index (χ1) is 7.72. The SMILES string of the molecule is N#CCCNC(=O)/C=C/c1cccc(N)c1. The van der Waals surface area contributed by atoms with E-state index in [4.69, 9.17) is 11.0 Å². The van der Waals surface area contributed by atoms with Crippen molar-refractivity contribution in [2.75, 3.05) is 12.3 Å². The lowest BCUT2D eigenvalue weighted by Gasteiger charge is -1.97. The fourth-order valence-corrected chi connectivity index (χ4v) is 1.14. The van der Waals surface area contributed by atoms with Crippen LogP contribution in [0.4, 0.5) is 5.69 Å². The predicted molar refractivity (Wildman–Crippen MR) is 63.1 cm³/mol. The van der Waals surface area contributed by atoms with Crippen LogP contribution in [-0.4, -0.2) is 12.5 Å². The van der Waals surface area contributed by atoms with E-state index in [1.165, 1.54) is 6.08 Å². The van der Waals surface area contributed by atoms with Crippen LogP contribution in [0.2, 0.25) is 0 Å². The highest BCUT2D eigenvalue weighted by Gasteiger charge is 1.94. The van der Waals surface area contributed by atoms with E-state index in [2.05, 4.69) is 5.32 Å². The van der Waals surface area contributed by atoms with E-state index >= 15 is 0 Å². The fraction of sp³-hybridized carbons (Fsp3) is 0.167. The van der Waals surface area contributed by atoms with Gasteiger partial charge in [-0.25, -0.2) is 0 Å². The maximum atomic E-state index is 11.2. The molecule has 0 fully saturated rings. The third-order valence-corrected chi connectivity index (χ3v) is 1.87. The molecule has 0 atom stereocenters. The first-order valence-corrected chi connectivity index (χ1v) is 4.91. The van der Waals surface area contributed by atoms with Crippen LogP contribution in [0.15, 0.2) is 30.3 Å². The summed E-state index contributed by atoms with van der Waals surface area (Å²) in [6.07, 6.45) is 3.42. The second-order valence-corrected chi connectivity index (χ2v) is 3.20. The Morgan fingerprint density at radius 2 is 2.38 bits per heavy atom. The van der Waals surface area contributed by atoms with Crippen LogP contribution in [0.1, 0.15) is 12.0 Å². The molecule has 0 spiro atoms. The van der Waals surface area contributed by atoms with Gasteiger partial charge < -0.3 is 11.1 Å². The number of hydrogen-bond acceptors (Lipinski definition) is 3. The Morgan fingerprint density at radius 1 is 1.56 bits per heavy atom. The molecule has 1 amide bonds. The summed E-state index contributed by atoms with van der Waals surface area (Å²) in [5.74, 6) is -0.210. The van der Waals surface area contributed by atoms with Crippen LogP contribution in [0.5, 0.6) is 0 Å². The molecule has 1 aromatic carbocycles. The maximum absolute atomic E-state index is 11.2. The molecule has 0 unspecified atom stereocenters. The highest BCUT2D eigenvalue weighted by atomic mass is 16.1. The molecule has 4 heteroatoms. The standard InChI is InChI=1S/C12H13N3O/c13-7-2-8-15-12(16)6-5-10-3-1-4-11(14)9-10/h1,3-6,9H,2,8,14H2,(H,15,16)/b6-5+. The summed E-state index contributed by atoms with van der Waals surface area (Å²) < 4.78 is 0. The van der Waals surface area contributed by atoms with Crippen molar-refractivity contribution in [1.82, 2.24) is 5.32 Å². The van der Waals surface area contributed by atoms with E-state index in [9.17, 15) is 4.79 Å². The molecule has 1 aromatic rings. The highest BCUT2D eigenvalue weighted by Crippen LogP contribution is 2.07. The highest BCUT2D eigenvalue weighted by molar-refractivity contribution is 5.91. The summed E-state index contributed by atoms with van der Waals surface area (Å²) in [4.78, 5) is 11.2. The summed E-state index contributed by atoms with van der Waals surface area (Å²) in [5, 5.41) is 10.9. The van der Waals surface area contributed by atoms with Gasteiger partial charge in [-0.3, -0.25) is 4.79 Å². The molecule has 1 rings (SSSR count). The van der Waals surface area contributed by atoms with E-state index in [0.717, 1.165) is 5.56 Å². The van der Waals surface area contributed by atoms with Crippen LogP contribution in [0, 0.1) is 11.3 Å². The molecular weight excluding hydrogens is 202 g/mol. The monoisotopic (exact) mass is 215 g/mol. The second kappa shape index (κ2) is 6.25. The van der Waals surface area contributed by atoms with Crippen molar-refractivity contribution in [3.05, 3.63) is 35.9 Å². The molecular formula is C12H13N3O. The number of nitrogen functional groups attached to an aromatic ring is 1. The van der Waals surface area contributed by atoms with E-state index in [-0.39, 0.29) is 5.91 Å². The number of hydrogen-bond donors (Lipinski definition) is 2. The molecule has 0 saturated carbocycles. The second-order valence-electron chi connectivity index (χ2n) is 3.20. The van der Waals surface area contributed by atoms with E-state index in [1.807, 2.05) is 18.2 Å². The lowest BCUT2D eigenvalue weighted by atomic mass is 10.2. The summed E-state index contributed by atoms with van der Waals surface area (Å²) in [5.41, 5.74) is 7.12. The first-order valence-electron chi connectivity index (χ1n) is 4.91. The molecule has 4 nitrogen and oxygen atoms in total. The third-order valence-electron chi connectivity index (χ3n) is 1.87. The van der Waals surface area contributed by atoms with E-state index in [0.29, 0.717) is 18.7 Å². The van der Waals surface area contributed by atoms with Gasteiger partial charge in [0.05, 0.1) is 12.5 Å². The van der Waals surface area contributed by atoms with Crippen molar-refractivity contribution in [3.63, 3.8) is 0 Å². The van der Waals surface area contributed by atoms with E-state index < -0.39 is 0 Å². The van der Waals surface area contributed by atoms with Crippen molar-refractivity contribution in [2.24, 2.45) is 0 Å². The lowest BCUT2D eigenvalue weighted by molar-refractivity contribution is -0.116. The molecule has 0 aliphatic heterocycles. The molecule has 3 N–H and O–H groups in total. The zero-order chi connectivity index (χ0) is 11.8. The van der Waals surface area contributed by atoms with Crippen LogP contribution >= 0.6 is 0 Å². The van der Waals surface area contributed by atoms with Gasteiger partial charge in [0.25, 0.3) is 0 Å². The number of carbonyl (C=O) groups excluding carboxylic acids is 1. The smallest absolute Gasteiger partial charge is 0.244 e. The van der Waals surface area contributed by atoms with Gasteiger partial charge in [-0.1, -0.05) is 12.1 Å². The first kappa shape index (κ1) is 11.8. The Bertz CT molecular complexity index is 432. The predicted octanol–water partition coefficient (Wildman–Crippen LogP) is 1.31. The quantitative estimate of drug-likeness (QED) is 0.451. The minimum absolute atomic E-state index is 0.210. The number of rotatable bonds is 4. The Morgan fingerprint density at radius 3 is 3.06 bits per heavy atom. The van der Waals surface area contributed by atoms with Gasteiger partial charge >= 0.3 is 0 Å². The van der Waals surface area contributed by atoms with Gasteiger partial charge in [0.1, 0.15) is 0 Å². The zero-order valence-corrected chi connectivity index (χ0v) is 8.81. The molecule has 0 bridgehead atoms. The average molecular weight is 215 g/mol. The number of anilines is 1. The molecule has 0 heterocycles. The largest absolute Gasteiger partial charge is 0.399 e. The minimum Gasteiger partial charge on any atom is -0.399 e. The van der Waals surface area contributed by atoms with Crippen LogP contribution in [0.25, 0.3) is 6.08 Å². The number of nitrogens with zero attached hydrogens (tertiary/aromatic N) is 1. The molecule has 0 aliphatic rings. The number of amides is 1. The van der Waals surface area contributed by atoms with Gasteiger partial charge in [-0.05, 0) is 23.8 Å². The van der Waals surface area contributed by atoms with Crippen LogP contribution in [0.3, 0.4) is 0 Å². The summed E-state index contributed by atoms with van der Waals surface area (Å²) >= 11 is 0. The summed E-state index contributed by atoms with van der Waals surface area (Å²) in [6, 6.07) is 9.19. The van der Waals surface area contributed by atoms with Gasteiger partial charge in [-0.15, -0.1) is 0 Å². The van der Waals surface area contributed by atoms with Crippen molar-refractivity contribution in [1.29, 1.82) is 5.26 Å². The molecule has 0 aliphatic carbocycles. The normalized spacial score (nSPS) is 9.94. The van der Waals surface area contributed by atoms with Crippen LogP contribution in [-0.2, 0) is 4.79 Å². The number of nitrogens with one attached hydrogen (secondary N) is 1. The lowest BCUT2D eigenvalue weighted by Crippen LogP contribution is -2.21. The number of nitriles is 1. The molecule has 16 heavy (non-hydrogen) atoms. The van der Waals surface area contributed by atoms with Gasteiger partial charge in [0.2, 0.25) is 5.91 Å². The Labute approximate surface area is 94.4 Å². The molecule has 82 valence electrons. The van der Waals surface area contributed by atoms with Gasteiger partial charge in [-0.2, -0.15) is 5.26 Å². The summed E-state index contributed by atoms with van der Waals surface area (Å²) in [7, 11) is 0. The zero-order valence-electron chi connectivity index (χ0n) is 8.81. The number of carbonyl (C=O) groups is 1. The van der Waals surface area contributed by atoms with Crippen molar-refractivity contribution in [2.45, 2.75) is 6.42 Å². The summed E-state index contributed by atoms with van der Waals surface area (Å²) in [6.45, 7) is 0.372. The minimum atomic E-state index is -0.210.